The summed E-state index contributed by atoms with van der Waals surface area (Å²) in [5.74, 6) is -1.000. The van der Waals surface area contributed by atoms with Gasteiger partial charge in [0.2, 0.25) is 11.8 Å². The number of ether oxygens (including phenoxy) is 2. The van der Waals surface area contributed by atoms with Gasteiger partial charge in [0.25, 0.3) is 5.91 Å². The van der Waals surface area contributed by atoms with Gasteiger partial charge in [0.1, 0.15) is 5.25 Å². The Hall–Kier alpha value is -3.57. The number of aromatic nitrogens is 1. The van der Waals surface area contributed by atoms with Crippen LogP contribution < -0.4 is 19.2 Å². The van der Waals surface area contributed by atoms with Crippen molar-refractivity contribution in [1.29, 1.82) is 0 Å². The predicted octanol–water partition coefficient (Wildman–Crippen LogP) is 4.33. The zero-order valence-corrected chi connectivity index (χ0v) is 24.5. The molecule has 0 bridgehead atoms. The Labute approximate surface area is 245 Å². The number of aryl methyl sites for hydroxylation is 1. The molecule has 41 heavy (non-hydrogen) atoms. The number of hydrogen-bond donors (Lipinski definition) is 1. The van der Waals surface area contributed by atoms with Crippen LogP contribution in [-0.2, 0) is 14.4 Å². The molecule has 11 heteroatoms. The number of rotatable bonds is 7. The summed E-state index contributed by atoms with van der Waals surface area (Å²) in [4.78, 5) is 59.2. The van der Waals surface area contributed by atoms with Crippen LogP contribution in [0.3, 0.4) is 0 Å². The molecule has 9 nitrogen and oxygen atoms in total. The highest BCUT2D eigenvalue weighted by molar-refractivity contribution is 8.00. The molecule has 3 aromatic rings. The zero-order chi connectivity index (χ0) is 28.7. The van der Waals surface area contributed by atoms with Crippen LogP contribution in [-0.4, -0.2) is 59.2 Å². The van der Waals surface area contributed by atoms with Gasteiger partial charge in [0.05, 0.1) is 23.2 Å². The topological polar surface area (TPSA) is 109 Å². The van der Waals surface area contributed by atoms with E-state index in [2.05, 4.69) is 4.98 Å². The van der Waals surface area contributed by atoms with E-state index in [9.17, 15) is 19.2 Å². The SMILES string of the molecule is CCOc1cc(C2c3sc(=O)[nH]c3SC3C(=O)N(c4ccc(C)cc4)C(=O)C32)ccc1OCC(=O)N1CCCCC1. The van der Waals surface area contributed by atoms with E-state index in [0.717, 1.165) is 59.7 Å². The molecule has 1 N–H and O–H groups in total. The van der Waals surface area contributed by atoms with E-state index in [1.807, 2.05) is 43.0 Å². The van der Waals surface area contributed by atoms with Crippen LogP contribution in [0.15, 0.2) is 52.3 Å². The van der Waals surface area contributed by atoms with E-state index < -0.39 is 17.1 Å². The standard InChI is InChI=1S/C30H31N3O6S2/c1-3-38-21-15-18(9-12-20(21)39-16-22(34)32-13-5-4-6-14-32)23-24-26(40-27-25(23)41-30(37)31-27)29(36)33(28(24)35)19-10-7-17(2)8-11-19/h7-12,15,23-24,26H,3-6,13-14,16H2,1-2H3,(H,31,37). The summed E-state index contributed by atoms with van der Waals surface area (Å²) in [6.45, 7) is 5.58. The van der Waals surface area contributed by atoms with Crippen molar-refractivity contribution >= 4 is 46.5 Å². The molecule has 2 aromatic carbocycles. The number of anilines is 1. The number of aromatic amines is 1. The minimum atomic E-state index is -0.699. The summed E-state index contributed by atoms with van der Waals surface area (Å²) in [5.41, 5.74) is 2.30. The average molecular weight is 594 g/mol. The summed E-state index contributed by atoms with van der Waals surface area (Å²) < 4.78 is 11.8. The molecule has 0 spiro atoms. The number of benzene rings is 2. The Kier molecular flexibility index (Phi) is 7.65. The van der Waals surface area contributed by atoms with Gasteiger partial charge in [-0.25, -0.2) is 4.90 Å². The summed E-state index contributed by atoms with van der Waals surface area (Å²) >= 11 is 2.31. The van der Waals surface area contributed by atoms with Crippen molar-refractivity contribution in [1.82, 2.24) is 9.88 Å². The van der Waals surface area contributed by atoms with Crippen LogP contribution in [0.2, 0.25) is 0 Å². The summed E-state index contributed by atoms with van der Waals surface area (Å²) in [7, 11) is 0. The maximum absolute atomic E-state index is 14.0. The first-order valence-corrected chi connectivity index (χ1v) is 15.6. The molecular formula is C30H31N3O6S2. The molecule has 0 saturated carbocycles. The van der Waals surface area contributed by atoms with Gasteiger partial charge in [-0.15, -0.1) is 0 Å². The molecule has 0 aliphatic carbocycles. The smallest absolute Gasteiger partial charge is 0.305 e. The van der Waals surface area contributed by atoms with Crippen molar-refractivity contribution in [2.75, 3.05) is 31.2 Å². The fourth-order valence-corrected chi connectivity index (χ4v) is 8.32. The number of piperidine rings is 1. The van der Waals surface area contributed by atoms with E-state index in [1.165, 1.54) is 16.7 Å². The van der Waals surface area contributed by atoms with Crippen LogP contribution in [0.4, 0.5) is 5.69 Å². The van der Waals surface area contributed by atoms with Crippen LogP contribution in [0.25, 0.3) is 0 Å². The average Bonchev–Trinajstić information content (AvgIpc) is 3.47. The third-order valence-electron chi connectivity index (χ3n) is 7.80. The summed E-state index contributed by atoms with van der Waals surface area (Å²) in [6.07, 6.45) is 3.14. The van der Waals surface area contributed by atoms with Crippen molar-refractivity contribution in [2.45, 2.75) is 49.3 Å². The second-order valence-electron chi connectivity index (χ2n) is 10.5. The second-order valence-corrected chi connectivity index (χ2v) is 12.6. The molecule has 6 rings (SSSR count). The number of imide groups is 1. The number of carbonyl (C=O) groups is 3. The number of thiazole rings is 1. The van der Waals surface area contributed by atoms with Gasteiger partial charge in [0, 0.05) is 23.9 Å². The normalized spacial score (nSPS) is 22.0. The number of likely N-dealkylation sites (tertiary alicyclic amines) is 1. The molecule has 3 unspecified atom stereocenters. The van der Waals surface area contributed by atoms with Gasteiger partial charge in [-0.3, -0.25) is 19.2 Å². The number of hydrogen-bond acceptors (Lipinski definition) is 8. The minimum absolute atomic E-state index is 0.0589. The van der Waals surface area contributed by atoms with E-state index >= 15 is 0 Å². The third-order valence-corrected chi connectivity index (χ3v) is 10.2. The maximum atomic E-state index is 14.0. The van der Waals surface area contributed by atoms with Crippen LogP contribution in [0.1, 0.15) is 48.1 Å². The molecule has 3 amide bonds. The van der Waals surface area contributed by atoms with Gasteiger partial charge in [-0.05, 0) is 62.9 Å². The van der Waals surface area contributed by atoms with Gasteiger partial charge < -0.3 is 19.4 Å². The number of nitrogens with one attached hydrogen (secondary N) is 1. The first-order chi connectivity index (χ1) is 19.9. The highest BCUT2D eigenvalue weighted by Gasteiger charge is 2.56. The number of fused-ring (bicyclic) bond motifs is 2. The molecule has 2 fully saturated rings. The number of thioether (sulfide) groups is 1. The summed E-state index contributed by atoms with van der Waals surface area (Å²) in [5, 5.41) is -0.0660. The lowest BCUT2D eigenvalue weighted by Crippen LogP contribution is -2.38. The van der Waals surface area contributed by atoms with Crippen molar-refractivity contribution < 1.29 is 23.9 Å². The number of carbonyl (C=O) groups excluding carboxylic acids is 3. The van der Waals surface area contributed by atoms with E-state index in [-0.39, 0.29) is 29.2 Å². The van der Waals surface area contributed by atoms with Crippen LogP contribution in [0, 0.1) is 12.8 Å². The fourth-order valence-electron chi connectivity index (χ4n) is 5.80. The Balaban J connectivity index is 1.34. The largest absolute Gasteiger partial charge is 0.490 e. The number of amides is 3. The minimum Gasteiger partial charge on any atom is -0.490 e. The lowest BCUT2D eigenvalue weighted by Gasteiger charge is -2.30. The highest BCUT2D eigenvalue weighted by atomic mass is 32.2. The lowest BCUT2D eigenvalue weighted by molar-refractivity contribution is -0.134. The zero-order valence-electron chi connectivity index (χ0n) is 22.9. The van der Waals surface area contributed by atoms with Crippen molar-refractivity contribution in [2.24, 2.45) is 5.92 Å². The van der Waals surface area contributed by atoms with Gasteiger partial charge in [-0.2, -0.15) is 0 Å². The molecule has 3 aliphatic rings. The number of nitrogens with zero attached hydrogens (tertiary/aromatic N) is 2. The molecule has 0 radical (unpaired) electrons. The Bertz CT molecular complexity index is 1540. The summed E-state index contributed by atoms with van der Waals surface area (Å²) in [6, 6.07) is 12.7. The Morgan fingerprint density at radius 2 is 1.73 bits per heavy atom. The highest BCUT2D eigenvalue weighted by Crippen LogP contribution is 2.53. The predicted molar refractivity (Wildman–Crippen MR) is 157 cm³/mol. The molecule has 4 heterocycles. The Morgan fingerprint density at radius 3 is 2.46 bits per heavy atom. The first kappa shape index (κ1) is 27.6. The fraction of sp³-hybridized carbons (Fsp3) is 0.400. The molecule has 3 atom stereocenters. The quantitative estimate of drug-likeness (QED) is 0.406. The number of H-pyrrole nitrogens is 1. The van der Waals surface area contributed by atoms with Gasteiger partial charge in [-0.1, -0.05) is 46.9 Å². The molecule has 214 valence electrons. The maximum Gasteiger partial charge on any atom is 0.305 e. The second kappa shape index (κ2) is 11.4. The lowest BCUT2D eigenvalue weighted by atomic mass is 9.83. The first-order valence-electron chi connectivity index (χ1n) is 13.9. The van der Waals surface area contributed by atoms with E-state index in [4.69, 9.17) is 9.47 Å². The molecule has 1 aromatic heterocycles. The van der Waals surface area contributed by atoms with Gasteiger partial charge in [0.15, 0.2) is 18.1 Å². The van der Waals surface area contributed by atoms with Crippen LogP contribution >= 0.6 is 23.1 Å². The molecular weight excluding hydrogens is 562 g/mol. The van der Waals surface area contributed by atoms with Crippen molar-refractivity contribution in [3.63, 3.8) is 0 Å². The Morgan fingerprint density at radius 1 is 0.976 bits per heavy atom. The third kappa shape index (κ3) is 5.17. The molecule has 2 saturated heterocycles. The van der Waals surface area contributed by atoms with Crippen molar-refractivity contribution in [3.05, 3.63) is 68.1 Å². The van der Waals surface area contributed by atoms with Gasteiger partial charge >= 0.3 is 4.87 Å². The van der Waals surface area contributed by atoms with Crippen molar-refractivity contribution in [3.8, 4) is 11.5 Å². The molecule has 3 aliphatic heterocycles. The monoisotopic (exact) mass is 593 g/mol. The van der Waals surface area contributed by atoms with E-state index in [0.29, 0.717) is 28.8 Å². The van der Waals surface area contributed by atoms with E-state index in [1.54, 1.807) is 18.2 Å². The van der Waals surface area contributed by atoms with Crippen LogP contribution in [0.5, 0.6) is 11.5 Å².